The van der Waals surface area contributed by atoms with Crippen LogP contribution in [0, 0.1) is 6.92 Å². The van der Waals surface area contributed by atoms with Gasteiger partial charge in [0.25, 0.3) is 0 Å². The van der Waals surface area contributed by atoms with Crippen molar-refractivity contribution in [3.05, 3.63) is 53.1 Å². The van der Waals surface area contributed by atoms with Gasteiger partial charge in [-0.1, -0.05) is 37.6 Å². The fourth-order valence-electron chi connectivity index (χ4n) is 2.55. The number of nitrogens with zero attached hydrogens (tertiary/aromatic N) is 1. The van der Waals surface area contributed by atoms with Gasteiger partial charge in [0.05, 0.1) is 12.8 Å². The molecule has 0 saturated carbocycles. The fraction of sp³-hybridized carbons (Fsp3) is 0.368. The number of anilines is 2. The standard InChI is InChI=1S/C19H24N2O2S/c1-5-19(6-2,12-11-17(22)23-4)16-13-24-18(21-16)20-15-9-7-14(3)8-10-15/h7-13H,5-6H2,1-4H3,(H,20,21)/b12-11+. The number of allylic oxidation sites excluding steroid dienone is 1. The van der Waals surface area contributed by atoms with Crippen molar-refractivity contribution in [3.8, 4) is 0 Å². The molecule has 24 heavy (non-hydrogen) atoms. The Labute approximate surface area is 147 Å². The molecule has 1 N–H and O–H groups in total. The third kappa shape index (κ3) is 4.23. The predicted molar refractivity (Wildman–Crippen MR) is 100.0 cm³/mol. The van der Waals surface area contributed by atoms with E-state index in [0.717, 1.165) is 29.4 Å². The average molecular weight is 344 g/mol. The van der Waals surface area contributed by atoms with E-state index in [0.29, 0.717) is 0 Å². The summed E-state index contributed by atoms with van der Waals surface area (Å²) in [4.78, 5) is 16.2. The minimum Gasteiger partial charge on any atom is -0.466 e. The van der Waals surface area contributed by atoms with Crippen LogP contribution in [-0.4, -0.2) is 18.1 Å². The maximum atomic E-state index is 11.5. The summed E-state index contributed by atoms with van der Waals surface area (Å²) in [5, 5.41) is 6.25. The summed E-state index contributed by atoms with van der Waals surface area (Å²) in [5.74, 6) is -0.338. The average Bonchev–Trinajstić information content (AvgIpc) is 3.07. The van der Waals surface area contributed by atoms with E-state index < -0.39 is 0 Å². The Morgan fingerprint density at radius 3 is 2.54 bits per heavy atom. The Morgan fingerprint density at radius 2 is 1.96 bits per heavy atom. The molecule has 0 fully saturated rings. The lowest BCUT2D eigenvalue weighted by molar-refractivity contribution is -0.134. The van der Waals surface area contributed by atoms with Gasteiger partial charge in [-0.3, -0.25) is 0 Å². The zero-order valence-electron chi connectivity index (χ0n) is 14.6. The number of hydrogen-bond donors (Lipinski definition) is 1. The summed E-state index contributed by atoms with van der Waals surface area (Å²) in [6.45, 7) is 6.28. The Hall–Kier alpha value is -2.14. The molecular weight excluding hydrogens is 320 g/mol. The smallest absolute Gasteiger partial charge is 0.330 e. The second-order valence-corrected chi connectivity index (χ2v) is 6.61. The first kappa shape index (κ1) is 18.2. The molecule has 2 aromatic rings. The molecule has 0 atom stereocenters. The molecule has 0 unspecified atom stereocenters. The normalized spacial score (nSPS) is 11.7. The summed E-state index contributed by atoms with van der Waals surface area (Å²) in [5.41, 5.74) is 2.97. The Morgan fingerprint density at radius 1 is 1.29 bits per heavy atom. The van der Waals surface area contributed by atoms with Crippen LogP contribution in [0.25, 0.3) is 0 Å². The Kier molecular flexibility index (Phi) is 6.15. The van der Waals surface area contributed by atoms with E-state index in [4.69, 9.17) is 9.72 Å². The van der Waals surface area contributed by atoms with Crippen molar-refractivity contribution in [2.24, 2.45) is 0 Å². The molecule has 0 saturated heterocycles. The molecule has 0 spiro atoms. The Balaban J connectivity index is 2.23. The number of hydrogen-bond acceptors (Lipinski definition) is 5. The van der Waals surface area contributed by atoms with Gasteiger partial charge in [-0.15, -0.1) is 11.3 Å². The number of rotatable bonds is 7. The number of aryl methyl sites for hydroxylation is 1. The van der Waals surface area contributed by atoms with Crippen LogP contribution >= 0.6 is 11.3 Å². The maximum Gasteiger partial charge on any atom is 0.330 e. The second kappa shape index (κ2) is 8.11. The van der Waals surface area contributed by atoms with Gasteiger partial charge < -0.3 is 10.1 Å². The number of ether oxygens (including phenoxy) is 1. The summed E-state index contributed by atoms with van der Waals surface area (Å²) < 4.78 is 4.71. The summed E-state index contributed by atoms with van der Waals surface area (Å²) >= 11 is 1.57. The van der Waals surface area contributed by atoms with E-state index in [1.165, 1.54) is 18.7 Å². The number of methoxy groups -OCH3 is 1. The zero-order valence-corrected chi connectivity index (χ0v) is 15.4. The molecule has 0 bridgehead atoms. The zero-order chi connectivity index (χ0) is 17.6. The van der Waals surface area contributed by atoms with Gasteiger partial charge in [0.1, 0.15) is 0 Å². The molecular formula is C19H24N2O2S. The fourth-order valence-corrected chi connectivity index (χ4v) is 3.39. The third-order valence-electron chi connectivity index (χ3n) is 4.32. The molecule has 0 aliphatic heterocycles. The third-order valence-corrected chi connectivity index (χ3v) is 5.08. The number of carbonyl (C=O) groups excluding carboxylic acids is 1. The van der Waals surface area contributed by atoms with Crippen LogP contribution in [0.5, 0.6) is 0 Å². The van der Waals surface area contributed by atoms with Crippen LogP contribution < -0.4 is 5.32 Å². The topological polar surface area (TPSA) is 51.2 Å². The quantitative estimate of drug-likeness (QED) is 0.568. The minimum absolute atomic E-state index is 0.252. The number of benzene rings is 1. The molecule has 1 aromatic heterocycles. The first-order valence-corrected chi connectivity index (χ1v) is 8.98. The van der Waals surface area contributed by atoms with Gasteiger partial charge in [0.2, 0.25) is 0 Å². The van der Waals surface area contributed by atoms with E-state index >= 15 is 0 Å². The highest BCUT2D eigenvalue weighted by molar-refractivity contribution is 7.13. The van der Waals surface area contributed by atoms with Crippen molar-refractivity contribution in [1.82, 2.24) is 4.98 Å². The van der Waals surface area contributed by atoms with E-state index in [1.54, 1.807) is 11.3 Å². The number of aromatic nitrogens is 1. The first-order chi connectivity index (χ1) is 11.5. The van der Waals surface area contributed by atoms with Gasteiger partial charge in [0, 0.05) is 22.6 Å². The van der Waals surface area contributed by atoms with Crippen molar-refractivity contribution in [2.45, 2.75) is 39.0 Å². The predicted octanol–water partition coefficient (Wildman–Crippen LogP) is 4.98. The monoisotopic (exact) mass is 344 g/mol. The number of thiazole rings is 1. The molecule has 5 heteroatoms. The number of nitrogens with one attached hydrogen (secondary N) is 1. The van der Waals surface area contributed by atoms with E-state index in [1.807, 2.05) is 18.2 Å². The van der Waals surface area contributed by atoms with Crippen LogP contribution in [0.15, 0.2) is 41.8 Å². The minimum atomic E-state index is -0.338. The maximum absolute atomic E-state index is 11.5. The van der Waals surface area contributed by atoms with E-state index in [9.17, 15) is 4.79 Å². The summed E-state index contributed by atoms with van der Waals surface area (Å²) in [6, 6.07) is 8.22. The molecule has 0 radical (unpaired) electrons. The summed E-state index contributed by atoms with van der Waals surface area (Å²) in [6.07, 6.45) is 5.15. The summed E-state index contributed by atoms with van der Waals surface area (Å²) in [7, 11) is 1.39. The van der Waals surface area contributed by atoms with Crippen LogP contribution in [0.2, 0.25) is 0 Å². The molecule has 1 aromatic carbocycles. The van der Waals surface area contributed by atoms with E-state index in [-0.39, 0.29) is 11.4 Å². The lowest BCUT2D eigenvalue weighted by Gasteiger charge is -2.25. The first-order valence-electron chi connectivity index (χ1n) is 8.10. The van der Waals surface area contributed by atoms with E-state index in [2.05, 4.69) is 43.6 Å². The number of esters is 1. The van der Waals surface area contributed by atoms with Crippen molar-refractivity contribution in [2.75, 3.05) is 12.4 Å². The van der Waals surface area contributed by atoms with Crippen LogP contribution in [-0.2, 0) is 14.9 Å². The van der Waals surface area contributed by atoms with Gasteiger partial charge in [-0.2, -0.15) is 0 Å². The van der Waals surface area contributed by atoms with Crippen LogP contribution in [0.3, 0.4) is 0 Å². The lowest BCUT2D eigenvalue weighted by atomic mass is 9.79. The van der Waals surface area contributed by atoms with Crippen LogP contribution in [0.1, 0.15) is 37.9 Å². The van der Waals surface area contributed by atoms with Crippen molar-refractivity contribution >= 4 is 28.1 Å². The highest BCUT2D eigenvalue weighted by Gasteiger charge is 2.28. The molecule has 1 heterocycles. The highest BCUT2D eigenvalue weighted by Crippen LogP contribution is 2.35. The molecule has 128 valence electrons. The van der Waals surface area contributed by atoms with Gasteiger partial charge in [0.15, 0.2) is 5.13 Å². The molecule has 0 amide bonds. The largest absolute Gasteiger partial charge is 0.466 e. The van der Waals surface area contributed by atoms with Crippen molar-refractivity contribution < 1.29 is 9.53 Å². The van der Waals surface area contributed by atoms with Gasteiger partial charge in [-0.05, 0) is 31.9 Å². The number of carbonyl (C=O) groups is 1. The molecule has 4 nitrogen and oxygen atoms in total. The van der Waals surface area contributed by atoms with Crippen molar-refractivity contribution in [3.63, 3.8) is 0 Å². The Bertz CT molecular complexity index is 700. The van der Waals surface area contributed by atoms with Crippen LogP contribution in [0.4, 0.5) is 10.8 Å². The second-order valence-electron chi connectivity index (χ2n) is 5.75. The molecule has 0 aliphatic rings. The highest BCUT2D eigenvalue weighted by atomic mass is 32.1. The van der Waals surface area contributed by atoms with Gasteiger partial charge in [-0.25, -0.2) is 9.78 Å². The molecule has 2 rings (SSSR count). The lowest BCUT2D eigenvalue weighted by Crippen LogP contribution is -2.22. The SMILES string of the molecule is CCC(/C=C/C(=O)OC)(CC)c1csc(Nc2ccc(C)cc2)n1. The molecule has 0 aliphatic carbocycles. The van der Waals surface area contributed by atoms with Crippen molar-refractivity contribution in [1.29, 1.82) is 0 Å². The van der Waals surface area contributed by atoms with Gasteiger partial charge >= 0.3 is 5.97 Å².